The summed E-state index contributed by atoms with van der Waals surface area (Å²) in [5.74, 6) is -2.92. The van der Waals surface area contributed by atoms with Gasteiger partial charge < -0.3 is 30.0 Å². The van der Waals surface area contributed by atoms with Crippen molar-refractivity contribution in [2.24, 2.45) is 0 Å². The largest absolute Gasteiger partial charge is 0.547 e. The Kier molecular flexibility index (Phi) is 4.90. The summed E-state index contributed by atoms with van der Waals surface area (Å²) in [5.41, 5.74) is 0.102. The van der Waals surface area contributed by atoms with Crippen molar-refractivity contribution >= 4 is 24.8 Å². The number of nitrogens with one attached hydrogen (secondary N) is 1. The number of phenolic OH excluding ortho intramolecular Hbond substituents is 1. The Morgan fingerprint density at radius 3 is 2.65 bits per heavy atom. The van der Waals surface area contributed by atoms with Gasteiger partial charge in [0.1, 0.15) is 22.8 Å². The van der Waals surface area contributed by atoms with Gasteiger partial charge in [-0.3, -0.25) is 4.79 Å². The summed E-state index contributed by atoms with van der Waals surface area (Å²) < 4.78 is 5.20. The number of amides is 1. The molecule has 1 atom stereocenters. The van der Waals surface area contributed by atoms with Crippen molar-refractivity contribution in [1.82, 2.24) is 5.32 Å². The lowest BCUT2D eigenvalue weighted by molar-refractivity contribution is -0.124. The number of aromatic hydroxyl groups is 1. The van der Waals surface area contributed by atoms with Crippen LogP contribution in [0, 0.1) is 0 Å². The number of carbonyl (C=O) groups excluding carboxylic acids is 2. The molecule has 4 N–H and O–H groups in total. The smallest absolute Gasteiger partial charge is 0.534 e. The molecular formula is C14H16BNO7. The topological polar surface area (TPSA) is 133 Å². The van der Waals surface area contributed by atoms with Crippen LogP contribution >= 0.6 is 0 Å². The summed E-state index contributed by atoms with van der Waals surface area (Å²) in [7, 11) is -1.42. The quantitative estimate of drug-likeness (QED) is 0.556. The summed E-state index contributed by atoms with van der Waals surface area (Å²) in [6, 6.07) is 2.35. The minimum Gasteiger partial charge on any atom is -0.534 e. The first-order valence-electron chi connectivity index (χ1n) is 7.00. The first-order chi connectivity index (χ1) is 10.8. The molecule has 1 aromatic carbocycles. The molecule has 0 aromatic heterocycles. The monoisotopic (exact) mass is 321 g/mol. The van der Waals surface area contributed by atoms with Crippen LogP contribution in [0.1, 0.15) is 35.7 Å². The summed E-state index contributed by atoms with van der Waals surface area (Å²) >= 11 is 0. The highest BCUT2D eigenvalue weighted by atomic mass is 16.5. The fourth-order valence-electron chi connectivity index (χ4n) is 2.35. The van der Waals surface area contributed by atoms with E-state index in [0.717, 1.165) is 6.07 Å². The lowest BCUT2D eigenvalue weighted by Crippen LogP contribution is -2.53. The van der Waals surface area contributed by atoms with Crippen LogP contribution in [-0.4, -0.2) is 46.0 Å². The van der Waals surface area contributed by atoms with Gasteiger partial charge >= 0.3 is 13.1 Å². The standard InChI is InChI=1S/C14H16BNO7/c1-7(17)2-3-12(19)16-11-5-8-4-9(18)6-10(14(20)21)13(8)23-15(11)22/h4,6,11,18,22H,2-3,5H2,1H3,(H,16,19)(H,20,21)/t11-/m0/s1. The van der Waals surface area contributed by atoms with Crippen molar-refractivity contribution in [3.8, 4) is 11.5 Å². The van der Waals surface area contributed by atoms with Gasteiger partial charge in [0.25, 0.3) is 0 Å². The van der Waals surface area contributed by atoms with Crippen molar-refractivity contribution in [2.75, 3.05) is 0 Å². The van der Waals surface area contributed by atoms with Crippen LogP contribution in [0.25, 0.3) is 0 Å². The van der Waals surface area contributed by atoms with Gasteiger partial charge in [-0.15, -0.1) is 0 Å². The molecule has 1 aromatic rings. The predicted octanol–water partition coefficient (Wildman–Crippen LogP) is -0.101. The molecule has 1 aliphatic rings. The average Bonchev–Trinajstić information content (AvgIpc) is 2.45. The molecule has 8 nitrogen and oxygen atoms in total. The van der Waals surface area contributed by atoms with Gasteiger partial charge in [0.2, 0.25) is 5.91 Å². The van der Waals surface area contributed by atoms with Gasteiger partial charge in [0.05, 0.1) is 5.94 Å². The lowest BCUT2D eigenvalue weighted by atomic mass is 9.72. The van der Waals surface area contributed by atoms with E-state index in [1.807, 2.05) is 0 Å². The molecule has 0 bridgehead atoms. The summed E-state index contributed by atoms with van der Waals surface area (Å²) in [4.78, 5) is 33.8. The number of phenols is 1. The summed E-state index contributed by atoms with van der Waals surface area (Å²) in [6.45, 7) is 1.37. The molecule has 0 spiro atoms. The number of benzene rings is 1. The predicted molar refractivity (Wildman–Crippen MR) is 79.2 cm³/mol. The van der Waals surface area contributed by atoms with E-state index >= 15 is 0 Å². The third-order valence-corrected chi connectivity index (χ3v) is 3.45. The van der Waals surface area contributed by atoms with E-state index in [2.05, 4.69) is 5.32 Å². The van der Waals surface area contributed by atoms with Crippen molar-refractivity contribution < 1.29 is 34.3 Å². The molecule has 1 aliphatic heterocycles. The van der Waals surface area contributed by atoms with E-state index in [-0.39, 0.29) is 42.1 Å². The van der Waals surface area contributed by atoms with Crippen LogP contribution < -0.4 is 9.97 Å². The number of carboxylic acids is 1. The number of ketones is 1. The number of hydrogen-bond donors (Lipinski definition) is 4. The van der Waals surface area contributed by atoms with Gasteiger partial charge in [-0.1, -0.05) is 0 Å². The van der Waals surface area contributed by atoms with Gasteiger partial charge in [-0.05, 0) is 31.0 Å². The molecule has 2 rings (SSSR count). The fraction of sp³-hybridized carbons (Fsp3) is 0.357. The molecule has 0 saturated carbocycles. The maximum Gasteiger partial charge on any atom is 0.547 e. The second kappa shape index (κ2) is 6.70. The Bertz CT molecular complexity index is 661. The second-order valence-electron chi connectivity index (χ2n) is 5.38. The summed E-state index contributed by atoms with van der Waals surface area (Å²) in [5, 5.41) is 31.2. The van der Waals surface area contributed by atoms with Gasteiger partial charge in [-0.2, -0.15) is 0 Å². The Labute approximate surface area is 132 Å². The molecule has 0 radical (unpaired) electrons. The molecule has 23 heavy (non-hydrogen) atoms. The number of Topliss-reactive ketones (excluding diaryl/α,β-unsaturated/α-hetero) is 1. The number of aromatic carboxylic acids is 1. The SMILES string of the molecule is CC(=O)CCC(=O)N[C@H]1Cc2cc(O)cc(C(=O)O)c2OB1O. The highest BCUT2D eigenvalue weighted by molar-refractivity contribution is 6.47. The number of fused-ring (bicyclic) bond motifs is 1. The van der Waals surface area contributed by atoms with E-state index in [4.69, 9.17) is 9.76 Å². The summed E-state index contributed by atoms with van der Waals surface area (Å²) in [6.07, 6.45) is 0.179. The Morgan fingerprint density at radius 2 is 2.04 bits per heavy atom. The van der Waals surface area contributed by atoms with E-state index < -0.39 is 24.9 Å². The van der Waals surface area contributed by atoms with Crippen LogP contribution in [0.5, 0.6) is 11.5 Å². The molecule has 0 fully saturated rings. The third kappa shape index (κ3) is 4.01. The number of carbonyl (C=O) groups is 3. The van der Waals surface area contributed by atoms with Crippen LogP contribution in [0.3, 0.4) is 0 Å². The Morgan fingerprint density at radius 1 is 1.35 bits per heavy atom. The van der Waals surface area contributed by atoms with Crippen LogP contribution in [0.15, 0.2) is 12.1 Å². The maximum absolute atomic E-state index is 11.7. The Hall–Kier alpha value is -2.55. The third-order valence-electron chi connectivity index (χ3n) is 3.45. The zero-order chi connectivity index (χ0) is 17.1. The first kappa shape index (κ1) is 16.8. The lowest BCUT2D eigenvalue weighted by Gasteiger charge is -2.29. The molecule has 0 unspecified atom stereocenters. The number of carboxylic acid groups (broad SMARTS) is 1. The highest BCUT2D eigenvalue weighted by Crippen LogP contribution is 2.33. The second-order valence-corrected chi connectivity index (χ2v) is 5.38. The van der Waals surface area contributed by atoms with Gasteiger partial charge in [-0.25, -0.2) is 4.79 Å². The van der Waals surface area contributed by atoms with Crippen molar-refractivity contribution in [1.29, 1.82) is 0 Å². The van der Waals surface area contributed by atoms with Crippen LogP contribution in [-0.2, 0) is 16.0 Å². The fourth-order valence-corrected chi connectivity index (χ4v) is 2.35. The molecule has 1 heterocycles. The molecule has 1 amide bonds. The molecule has 0 saturated heterocycles. The maximum atomic E-state index is 11.7. The zero-order valence-electron chi connectivity index (χ0n) is 12.4. The van der Waals surface area contributed by atoms with Gasteiger partial charge in [0, 0.05) is 12.8 Å². The minimum atomic E-state index is -1.42. The zero-order valence-corrected chi connectivity index (χ0v) is 12.4. The van der Waals surface area contributed by atoms with E-state index in [9.17, 15) is 24.5 Å². The molecule has 9 heteroatoms. The molecule has 122 valence electrons. The number of rotatable bonds is 5. The van der Waals surface area contributed by atoms with Crippen molar-refractivity contribution in [2.45, 2.75) is 32.1 Å². The Balaban J connectivity index is 2.16. The van der Waals surface area contributed by atoms with Crippen molar-refractivity contribution in [3.05, 3.63) is 23.3 Å². The minimum absolute atomic E-state index is 0.00811. The molecular weight excluding hydrogens is 305 g/mol. The number of hydrogen-bond acceptors (Lipinski definition) is 6. The van der Waals surface area contributed by atoms with E-state index in [1.54, 1.807) is 0 Å². The highest BCUT2D eigenvalue weighted by Gasteiger charge is 2.38. The van der Waals surface area contributed by atoms with E-state index in [0.29, 0.717) is 5.56 Å². The van der Waals surface area contributed by atoms with Crippen LogP contribution in [0.2, 0.25) is 0 Å². The van der Waals surface area contributed by atoms with Crippen LogP contribution in [0.4, 0.5) is 0 Å². The van der Waals surface area contributed by atoms with E-state index in [1.165, 1.54) is 13.0 Å². The van der Waals surface area contributed by atoms with Gasteiger partial charge in [0.15, 0.2) is 0 Å². The normalized spacial score (nSPS) is 16.3. The molecule has 0 aliphatic carbocycles. The first-order valence-corrected chi connectivity index (χ1v) is 7.00. The van der Waals surface area contributed by atoms with Crippen molar-refractivity contribution in [3.63, 3.8) is 0 Å². The average molecular weight is 321 g/mol.